The summed E-state index contributed by atoms with van der Waals surface area (Å²) < 4.78 is 12.7. The van der Waals surface area contributed by atoms with Gasteiger partial charge < -0.3 is 9.47 Å². The van der Waals surface area contributed by atoms with Gasteiger partial charge in [0.15, 0.2) is 0 Å². The van der Waals surface area contributed by atoms with Gasteiger partial charge in [0.2, 0.25) is 0 Å². The molecule has 0 aliphatic heterocycles. The van der Waals surface area contributed by atoms with E-state index in [0.717, 1.165) is 128 Å². The largest absolute Gasteiger partial charge is 0.459 e. The van der Waals surface area contributed by atoms with Crippen LogP contribution in [0.15, 0.2) is 0 Å². The molecule has 0 rings (SSSR count). The fraction of sp³-hybridized carbons (Fsp3) is 0.952. The number of carbonyl (C=O) groups excluding carboxylic acids is 2. The molecule has 0 aromatic rings. The molecular formula is C42H82O4. The molecule has 4 nitrogen and oxygen atoms in total. The Hall–Kier alpha value is -1.06. The van der Waals surface area contributed by atoms with Gasteiger partial charge in [-0.15, -0.1) is 0 Å². The summed E-state index contributed by atoms with van der Waals surface area (Å²) >= 11 is 0. The van der Waals surface area contributed by atoms with Crippen LogP contribution in [0.4, 0.5) is 0 Å². The topological polar surface area (TPSA) is 52.6 Å². The molecule has 0 aromatic heterocycles. The first-order valence-corrected chi connectivity index (χ1v) is 20.8. The molecule has 0 saturated carbocycles. The number of hydrogen-bond donors (Lipinski definition) is 0. The molecule has 0 N–H and O–H groups in total. The maximum atomic E-state index is 13.0. The van der Waals surface area contributed by atoms with Crippen molar-refractivity contribution in [3.63, 3.8) is 0 Å². The van der Waals surface area contributed by atoms with Crippen LogP contribution >= 0.6 is 0 Å². The molecule has 0 heterocycles. The first-order chi connectivity index (χ1) is 22.4. The van der Waals surface area contributed by atoms with Crippen molar-refractivity contribution in [1.29, 1.82) is 0 Å². The van der Waals surface area contributed by atoms with Crippen LogP contribution in [-0.4, -0.2) is 23.1 Å². The lowest BCUT2D eigenvalue weighted by Crippen LogP contribution is -2.35. The first kappa shape index (κ1) is 44.9. The Bertz CT molecular complexity index is 613. The average Bonchev–Trinajstić information content (AvgIpc) is 3.05. The van der Waals surface area contributed by atoms with Gasteiger partial charge in [-0.25, -0.2) is 0 Å². The second-order valence-electron chi connectivity index (χ2n) is 14.7. The summed E-state index contributed by atoms with van der Waals surface area (Å²) in [5.41, 5.74) is -0.493. The van der Waals surface area contributed by atoms with Gasteiger partial charge in [-0.2, -0.15) is 0 Å². The molecule has 0 saturated heterocycles. The molecule has 0 radical (unpaired) electrons. The van der Waals surface area contributed by atoms with Gasteiger partial charge in [0.05, 0.1) is 0 Å². The van der Waals surface area contributed by atoms with Crippen molar-refractivity contribution in [2.24, 2.45) is 0 Å². The third-order valence-corrected chi connectivity index (χ3v) is 10.1. The minimum Gasteiger partial charge on any atom is -0.459 e. The fourth-order valence-electron chi connectivity index (χ4n) is 6.98. The number of hydrogen-bond acceptors (Lipinski definition) is 4. The lowest BCUT2D eigenvalue weighted by atomic mass is 9.85. The van der Waals surface area contributed by atoms with Crippen molar-refractivity contribution >= 4 is 11.9 Å². The highest BCUT2D eigenvalue weighted by molar-refractivity contribution is 5.70. The molecule has 0 aromatic carbocycles. The van der Waals surface area contributed by atoms with Gasteiger partial charge in [-0.3, -0.25) is 9.59 Å². The van der Waals surface area contributed by atoms with E-state index in [0.29, 0.717) is 12.8 Å². The Kier molecular flexibility index (Phi) is 30.5. The Morgan fingerprint density at radius 3 is 0.870 bits per heavy atom. The molecule has 274 valence electrons. The highest BCUT2D eigenvalue weighted by atomic mass is 16.6. The lowest BCUT2D eigenvalue weighted by Gasteiger charge is -2.34. The highest BCUT2D eigenvalue weighted by Gasteiger charge is 2.33. The average molecular weight is 651 g/mol. The van der Waals surface area contributed by atoms with E-state index >= 15 is 0 Å². The monoisotopic (exact) mass is 651 g/mol. The zero-order valence-electron chi connectivity index (χ0n) is 32.3. The zero-order chi connectivity index (χ0) is 34.2. The maximum absolute atomic E-state index is 13.0. The minimum atomic E-state index is -0.246. The summed E-state index contributed by atoms with van der Waals surface area (Å²) in [6.07, 6.45) is 35.1. The summed E-state index contributed by atoms with van der Waals surface area (Å²) in [4.78, 5) is 26.0. The predicted molar refractivity (Wildman–Crippen MR) is 199 cm³/mol. The van der Waals surface area contributed by atoms with Gasteiger partial charge in [0, 0.05) is 12.8 Å². The van der Waals surface area contributed by atoms with Gasteiger partial charge in [-0.1, -0.05) is 144 Å². The van der Waals surface area contributed by atoms with Crippen molar-refractivity contribution in [2.75, 3.05) is 0 Å². The highest BCUT2D eigenvalue weighted by Crippen LogP contribution is 2.34. The molecule has 0 aliphatic carbocycles. The van der Waals surface area contributed by atoms with Crippen LogP contribution in [0.2, 0.25) is 0 Å². The molecule has 46 heavy (non-hydrogen) atoms. The van der Waals surface area contributed by atoms with E-state index in [1.807, 2.05) is 0 Å². The maximum Gasteiger partial charge on any atom is 0.306 e. The van der Waals surface area contributed by atoms with Crippen LogP contribution < -0.4 is 0 Å². The number of carbonyl (C=O) groups is 2. The second-order valence-corrected chi connectivity index (χ2v) is 14.7. The molecule has 0 bridgehead atoms. The van der Waals surface area contributed by atoms with Crippen molar-refractivity contribution in [3.05, 3.63) is 0 Å². The first-order valence-electron chi connectivity index (χ1n) is 20.8. The zero-order valence-corrected chi connectivity index (χ0v) is 32.3. The van der Waals surface area contributed by atoms with E-state index in [1.165, 1.54) is 64.2 Å². The van der Waals surface area contributed by atoms with E-state index < -0.39 is 0 Å². The summed E-state index contributed by atoms with van der Waals surface area (Å²) in [5, 5.41) is 0. The van der Waals surface area contributed by atoms with E-state index in [-0.39, 0.29) is 23.1 Å². The van der Waals surface area contributed by atoms with Crippen LogP contribution in [0.3, 0.4) is 0 Å². The van der Waals surface area contributed by atoms with Crippen molar-refractivity contribution in [2.45, 2.75) is 258 Å². The van der Waals surface area contributed by atoms with E-state index in [9.17, 15) is 9.59 Å². The van der Waals surface area contributed by atoms with Crippen molar-refractivity contribution < 1.29 is 19.1 Å². The number of unbranched alkanes of at least 4 members (excludes halogenated alkanes) is 17. The quantitative estimate of drug-likeness (QED) is 0.0506. The molecule has 4 heteroatoms. The minimum absolute atomic E-state index is 0.0171. The predicted octanol–water partition coefficient (Wildman–Crippen LogP) is 14.2. The Balaban J connectivity index is 4.61. The van der Waals surface area contributed by atoms with Gasteiger partial charge >= 0.3 is 11.9 Å². The van der Waals surface area contributed by atoms with Crippen molar-refractivity contribution in [1.82, 2.24) is 0 Å². The third kappa shape index (κ3) is 24.1. The van der Waals surface area contributed by atoms with Crippen LogP contribution in [-0.2, 0) is 19.1 Å². The van der Waals surface area contributed by atoms with Gasteiger partial charge in [0.1, 0.15) is 11.2 Å². The molecular weight excluding hydrogens is 568 g/mol. The smallest absolute Gasteiger partial charge is 0.306 e. The lowest BCUT2D eigenvalue weighted by molar-refractivity contribution is -0.164. The van der Waals surface area contributed by atoms with Gasteiger partial charge in [-0.05, 0) is 89.9 Å². The van der Waals surface area contributed by atoms with Gasteiger partial charge in [0.25, 0.3) is 0 Å². The van der Waals surface area contributed by atoms with Crippen LogP contribution in [0.5, 0.6) is 0 Å². The molecule has 0 aliphatic rings. The Morgan fingerprint density at radius 1 is 0.326 bits per heavy atom. The van der Waals surface area contributed by atoms with Crippen LogP contribution in [0, 0.1) is 0 Å². The van der Waals surface area contributed by atoms with E-state index in [4.69, 9.17) is 9.47 Å². The molecule has 0 amide bonds. The van der Waals surface area contributed by atoms with E-state index in [2.05, 4.69) is 41.5 Å². The number of esters is 2. The number of ether oxygens (including phenoxy) is 2. The Labute approximate surface area is 288 Å². The second kappa shape index (κ2) is 31.2. The summed E-state index contributed by atoms with van der Waals surface area (Å²) in [6, 6.07) is 0. The molecule has 0 fully saturated rings. The molecule has 0 unspecified atom stereocenters. The molecule has 0 spiro atoms. The number of rotatable bonds is 35. The standard InChI is InChI=1S/C42H82O4/c1-7-13-19-25-29-37-41(33-15-9-3,34-16-10-4)45-39(43)31-27-23-21-22-24-28-32-40(44)46-42(35-17-11-5,36-18-12-6)38-30-26-20-14-8-2/h7-38H2,1-6H3. The Morgan fingerprint density at radius 2 is 0.565 bits per heavy atom. The van der Waals surface area contributed by atoms with Crippen molar-refractivity contribution in [3.8, 4) is 0 Å². The SMILES string of the molecule is CCCCCCCC(CCCC)(CCCC)OC(=O)CCCCCCCCC(=O)OC(CCCC)(CCCC)CCCCCCC. The third-order valence-electron chi connectivity index (χ3n) is 10.1. The summed E-state index contributed by atoms with van der Waals surface area (Å²) in [6.45, 7) is 13.5. The summed E-state index contributed by atoms with van der Waals surface area (Å²) in [5.74, 6) is 0.0343. The van der Waals surface area contributed by atoms with Crippen LogP contribution in [0.1, 0.15) is 247 Å². The fourth-order valence-corrected chi connectivity index (χ4v) is 6.98. The van der Waals surface area contributed by atoms with Crippen LogP contribution in [0.25, 0.3) is 0 Å². The normalized spacial score (nSPS) is 12.0. The molecule has 0 atom stereocenters. The van der Waals surface area contributed by atoms with E-state index in [1.54, 1.807) is 0 Å². The summed E-state index contributed by atoms with van der Waals surface area (Å²) in [7, 11) is 0.